The smallest absolute Gasteiger partial charge is 0.254 e. The summed E-state index contributed by atoms with van der Waals surface area (Å²) in [7, 11) is 0. The van der Waals surface area contributed by atoms with Gasteiger partial charge in [-0.05, 0) is 55.5 Å². The number of amides is 2. The average Bonchev–Trinajstić information content (AvgIpc) is 3.19. The van der Waals surface area contributed by atoms with Gasteiger partial charge in [0.05, 0.1) is 12.1 Å². The Morgan fingerprint density at radius 1 is 1.14 bits per heavy atom. The molecule has 1 saturated heterocycles. The van der Waals surface area contributed by atoms with Crippen molar-refractivity contribution < 1.29 is 14.0 Å². The van der Waals surface area contributed by atoms with Crippen LogP contribution in [0.15, 0.2) is 53.0 Å². The van der Waals surface area contributed by atoms with Crippen LogP contribution in [0.4, 0.5) is 4.39 Å². The summed E-state index contributed by atoms with van der Waals surface area (Å²) in [5.74, 6) is -0.428. The van der Waals surface area contributed by atoms with E-state index in [0.717, 1.165) is 10.0 Å². The number of likely N-dealkylation sites (N-methyl/N-ethyl adjacent to an activating group) is 1. The number of imide groups is 1. The molecule has 6 nitrogen and oxygen atoms in total. The maximum Gasteiger partial charge on any atom is 0.254 e. The van der Waals surface area contributed by atoms with Crippen LogP contribution in [0.3, 0.4) is 0 Å². The summed E-state index contributed by atoms with van der Waals surface area (Å²) in [6.07, 6.45) is 0.0151. The van der Waals surface area contributed by atoms with Crippen LogP contribution in [0.25, 0.3) is 17.1 Å². The molecule has 0 saturated carbocycles. The van der Waals surface area contributed by atoms with Gasteiger partial charge in [0.15, 0.2) is 5.82 Å². The Kier molecular flexibility index (Phi) is 5.18. The number of rotatable bonds is 4. The standard InChI is InChI=1S/C20H16BrFN4O2S/c1-2-24-17(27)11-16(19(24)28)26-20(29)25(15-9-7-14(22)8-10-15)18(23-26)12-3-5-13(21)6-4-12/h3-10,16H,2,11H2,1H3/t16-/m0/s1. The molecule has 0 bridgehead atoms. The molecule has 1 fully saturated rings. The molecule has 29 heavy (non-hydrogen) atoms. The molecule has 9 heteroatoms. The quantitative estimate of drug-likeness (QED) is 0.417. The highest BCUT2D eigenvalue weighted by atomic mass is 79.9. The molecule has 0 radical (unpaired) electrons. The molecule has 1 aliphatic rings. The predicted octanol–water partition coefficient (Wildman–Crippen LogP) is 4.29. The monoisotopic (exact) mass is 474 g/mol. The van der Waals surface area contributed by atoms with E-state index in [9.17, 15) is 14.0 Å². The second kappa shape index (κ2) is 7.64. The molecule has 148 valence electrons. The summed E-state index contributed by atoms with van der Waals surface area (Å²) >= 11 is 9.04. The second-order valence-corrected chi connectivity index (χ2v) is 7.85. The summed E-state index contributed by atoms with van der Waals surface area (Å²) in [6, 6.07) is 12.6. The number of hydrogen-bond donors (Lipinski definition) is 0. The first-order valence-electron chi connectivity index (χ1n) is 8.98. The SMILES string of the molecule is CCN1C(=O)C[C@H](n2nc(-c3ccc(Br)cc3)n(-c3ccc(F)cc3)c2=S)C1=O. The normalized spacial score (nSPS) is 16.7. The lowest BCUT2D eigenvalue weighted by Crippen LogP contribution is -2.31. The molecule has 2 amide bonds. The van der Waals surface area contributed by atoms with Crippen LogP contribution in [0.1, 0.15) is 19.4 Å². The number of halogens is 2. The van der Waals surface area contributed by atoms with Gasteiger partial charge in [0.2, 0.25) is 10.7 Å². The first-order chi connectivity index (χ1) is 13.9. The van der Waals surface area contributed by atoms with E-state index in [2.05, 4.69) is 21.0 Å². The maximum atomic E-state index is 13.4. The summed E-state index contributed by atoms with van der Waals surface area (Å²) in [6.45, 7) is 2.06. The zero-order valence-electron chi connectivity index (χ0n) is 15.4. The van der Waals surface area contributed by atoms with E-state index in [-0.39, 0.29) is 28.8 Å². The number of nitrogens with zero attached hydrogens (tertiary/aromatic N) is 4. The van der Waals surface area contributed by atoms with Crippen molar-refractivity contribution in [1.82, 2.24) is 19.2 Å². The van der Waals surface area contributed by atoms with Crippen LogP contribution in [0, 0.1) is 10.6 Å². The lowest BCUT2D eigenvalue weighted by Gasteiger charge is -2.11. The second-order valence-electron chi connectivity index (χ2n) is 6.57. The van der Waals surface area contributed by atoms with Crippen LogP contribution in [-0.4, -0.2) is 37.6 Å². The van der Waals surface area contributed by atoms with Gasteiger partial charge in [0, 0.05) is 16.6 Å². The zero-order chi connectivity index (χ0) is 20.7. The highest BCUT2D eigenvalue weighted by Crippen LogP contribution is 2.29. The molecular weight excluding hydrogens is 459 g/mol. The molecule has 4 rings (SSSR count). The van der Waals surface area contributed by atoms with Crippen molar-refractivity contribution in [3.8, 4) is 17.1 Å². The van der Waals surface area contributed by atoms with Crippen molar-refractivity contribution in [2.45, 2.75) is 19.4 Å². The van der Waals surface area contributed by atoms with Gasteiger partial charge in [-0.3, -0.25) is 19.1 Å². The van der Waals surface area contributed by atoms with Crippen molar-refractivity contribution in [3.63, 3.8) is 0 Å². The molecule has 0 unspecified atom stereocenters. The minimum absolute atomic E-state index is 0.0151. The Hall–Kier alpha value is -2.65. The third-order valence-electron chi connectivity index (χ3n) is 4.82. The first kappa shape index (κ1) is 19.7. The van der Waals surface area contributed by atoms with Crippen LogP contribution in [0.2, 0.25) is 0 Å². The fourth-order valence-corrected chi connectivity index (χ4v) is 4.01. The highest BCUT2D eigenvalue weighted by Gasteiger charge is 2.40. The van der Waals surface area contributed by atoms with Crippen LogP contribution in [0.5, 0.6) is 0 Å². The molecule has 1 aromatic heterocycles. The summed E-state index contributed by atoms with van der Waals surface area (Å²) in [5, 5.41) is 4.61. The zero-order valence-corrected chi connectivity index (χ0v) is 17.8. The topological polar surface area (TPSA) is 60.1 Å². The lowest BCUT2D eigenvalue weighted by atomic mass is 10.2. The maximum absolute atomic E-state index is 13.4. The molecule has 2 heterocycles. The molecular formula is C20H16BrFN4O2S. The minimum Gasteiger partial charge on any atom is -0.281 e. The number of aromatic nitrogens is 3. The van der Waals surface area contributed by atoms with Crippen molar-refractivity contribution in [2.75, 3.05) is 6.54 Å². The van der Waals surface area contributed by atoms with Crippen molar-refractivity contribution in [2.24, 2.45) is 0 Å². The van der Waals surface area contributed by atoms with Gasteiger partial charge in [-0.25, -0.2) is 9.07 Å². The number of carbonyl (C=O) groups excluding carboxylic acids is 2. The van der Waals surface area contributed by atoms with Gasteiger partial charge in [-0.1, -0.05) is 28.1 Å². The van der Waals surface area contributed by atoms with Crippen LogP contribution >= 0.6 is 28.1 Å². The number of carbonyl (C=O) groups is 2. The number of hydrogen-bond acceptors (Lipinski definition) is 4. The largest absolute Gasteiger partial charge is 0.281 e. The Bertz CT molecular complexity index is 1150. The first-order valence-corrected chi connectivity index (χ1v) is 10.2. The van der Waals surface area contributed by atoms with Crippen molar-refractivity contribution in [3.05, 3.63) is 63.6 Å². The predicted molar refractivity (Wildman–Crippen MR) is 112 cm³/mol. The molecule has 0 aliphatic carbocycles. The highest BCUT2D eigenvalue weighted by molar-refractivity contribution is 9.10. The average molecular weight is 475 g/mol. The van der Waals surface area contributed by atoms with Crippen LogP contribution < -0.4 is 0 Å². The van der Waals surface area contributed by atoms with Crippen molar-refractivity contribution >= 4 is 40.0 Å². The van der Waals surface area contributed by atoms with Gasteiger partial charge >= 0.3 is 0 Å². The van der Waals surface area contributed by atoms with E-state index in [0.29, 0.717) is 18.1 Å². The fraction of sp³-hybridized carbons (Fsp3) is 0.200. The summed E-state index contributed by atoms with van der Waals surface area (Å²) < 4.78 is 17.7. The number of benzene rings is 2. The Morgan fingerprint density at radius 3 is 2.38 bits per heavy atom. The van der Waals surface area contributed by atoms with Gasteiger partial charge in [-0.15, -0.1) is 0 Å². The fourth-order valence-electron chi connectivity index (χ4n) is 3.38. The van der Waals surface area contributed by atoms with E-state index in [1.807, 2.05) is 24.3 Å². The van der Waals surface area contributed by atoms with E-state index >= 15 is 0 Å². The molecule has 0 N–H and O–H groups in total. The minimum atomic E-state index is -0.786. The van der Waals surface area contributed by atoms with E-state index in [4.69, 9.17) is 12.2 Å². The molecule has 2 aromatic carbocycles. The van der Waals surface area contributed by atoms with Gasteiger partial charge in [0.1, 0.15) is 11.9 Å². The molecule has 1 aliphatic heterocycles. The summed E-state index contributed by atoms with van der Waals surface area (Å²) in [5.41, 5.74) is 1.39. The Morgan fingerprint density at radius 2 is 1.79 bits per heavy atom. The van der Waals surface area contributed by atoms with Gasteiger partial charge < -0.3 is 0 Å². The lowest BCUT2D eigenvalue weighted by molar-refractivity contribution is -0.138. The molecule has 0 spiro atoms. The Balaban J connectivity index is 1.91. The molecule has 3 aromatic rings. The summed E-state index contributed by atoms with van der Waals surface area (Å²) in [4.78, 5) is 26.1. The third-order valence-corrected chi connectivity index (χ3v) is 5.72. The number of likely N-dealkylation sites (tertiary alicyclic amines) is 1. The van der Waals surface area contributed by atoms with E-state index in [1.54, 1.807) is 23.6 Å². The Labute approximate surface area is 179 Å². The van der Waals surface area contributed by atoms with Crippen molar-refractivity contribution in [1.29, 1.82) is 0 Å². The van der Waals surface area contributed by atoms with Gasteiger partial charge in [0.25, 0.3) is 5.91 Å². The van der Waals surface area contributed by atoms with Gasteiger partial charge in [-0.2, -0.15) is 5.10 Å². The van der Waals surface area contributed by atoms with Crippen LogP contribution in [-0.2, 0) is 9.59 Å². The third kappa shape index (κ3) is 3.44. The van der Waals surface area contributed by atoms with E-state index in [1.165, 1.54) is 21.7 Å². The van der Waals surface area contributed by atoms with E-state index < -0.39 is 6.04 Å². The molecule has 1 atom stereocenters.